The number of carbonyl (C=O) groups excluding carboxylic acids is 3. The molecule has 34 heavy (non-hydrogen) atoms. The molecular formula is C25H29F2N3O4. The van der Waals surface area contributed by atoms with Gasteiger partial charge in [0.15, 0.2) is 0 Å². The number of ether oxygens (including phenoxy) is 1. The van der Waals surface area contributed by atoms with Gasteiger partial charge in [0.05, 0.1) is 0 Å². The summed E-state index contributed by atoms with van der Waals surface area (Å²) in [6.45, 7) is 0.436. The Labute approximate surface area is 197 Å². The Hall–Kier alpha value is -3.49. The van der Waals surface area contributed by atoms with Crippen LogP contribution in [0.1, 0.15) is 50.7 Å². The van der Waals surface area contributed by atoms with Crippen molar-refractivity contribution in [2.75, 3.05) is 11.9 Å². The molecular weight excluding hydrogens is 444 g/mol. The SMILES string of the molecule is CCCC1(CCC)NC(=O)N(CC(=O)Nc2ccc(OC(F)F)c(Cc3ccccc3)c2)C1=O. The molecule has 0 radical (unpaired) electrons. The minimum atomic E-state index is -2.99. The number of anilines is 1. The zero-order chi connectivity index (χ0) is 24.7. The number of imide groups is 1. The standard InChI is InChI=1S/C25H29F2N3O4/c1-3-12-25(13-4-2)22(32)30(24(33)29-25)16-21(31)28-19-10-11-20(34-23(26)27)18(15-19)14-17-8-6-5-7-9-17/h5-11,15,23H,3-4,12-14,16H2,1-2H3,(H,28,31)(H,29,33). The first-order valence-electron chi connectivity index (χ1n) is 11.3. The summed E-state index contributed by atoms with van der Waals surface area (Å²) in [5.74, 6) is -0.961. The molecule has 0 aromatic heterocycles. The zero-order valence-corrected chi connectivity index (χ0v) is 19.3. The molecule has 2 aromatic carbocycles. The number of hydrogen-bond donors (Lipinski definition) is 2. The highest BCUT2D eigenvalue weighted by molar-refractivity contribution is 6.10. The second-order valence-electron chi connectivity index (χ2n) is 8.32. The van der Waals surface area contributed by atoms with E-state index in [0.717, 1.165) is 10.5 Å². The lowest BCUT2D eigenvalue weighted by Crippen LogP contribution is -2.47. The second kappa shape index (κ2) is 11.1. The van der Waals surface area contributed by atoms with Gasteiger partial charge < -0.3 is 15.4 Å². The van der Waals surface area contributed by atoms with E-state index < -0.39 is 36.5 Å². The highest BCUT2D eigenvalue weighted by atomic mass is 19.3. The van der Waals surface area contributed by atoms with E-state index >= 15 is 0 Å². The molecule has 7 nitrogen and oxygen atoms in total. The Morgan fingerprint density at radius 2 is 1.76 bits per heavy atom. The van der Waals surface area contributed by atoms with E-state index in [2.05, 4.69) is 15.4 Å². The van der Waals surface area contributed by atoms with Crippen LogP contribution >= 0.6 is 0 Å². The number of halogens is 2. The van der Waals surface area contributed by atoms with Crippen LogP contribution in [-0.4, -0.2) is 41.4 Å². The average molecular weight is 474 g/mol. The molecule has 1 fully saturated rings. The Morgan fingerprint density at radius 1 is 1.09 bits per heavy atom. The Balaban J connectivity index is 1.74. The van der Waals surface area contributed by atoms with E-state index in [9.17, 15) is 23.2 Å². The van der Waals surface area contributed by atoms with Crippen LogP contribution < -0.4 is 15.4 Å². The number of carbonyl (C=O) groups is 3. The molecule has 1 saturated heterocycles. The summed E-state index contributed by atoms with van der Waals surface area (Å²) in [7, 11) is 0. The molecule has 0 spiro atoms. The minimum absolute atomic E-state index is 0.00913. The molecule has 0 atom stereocenters. The number of nitrogens with zero attached hydrogens (tertiary/aromatic N) is 1. The molecule has 4 amide bonds. The van der Waals surface area contributed by atoms with Gasteiger partial charge in [-0.3, -0.25) is 14.5 Å². The van der Waals surface area contributed by atoms with Crippen molar-refractivity contribution in [3.8, 4) is 5.75 Å². The predicted octanol–water partition coefficient (Wildman–Crippen LogP) is 4.71. The van der Waals surface area contributed by atoms with Gasteiger partial charge in [0.25, 0.3) is 5.91 Å². The van der Waals surface area contributed by atoms with E-state index in [1.54, 1.807) is 6.07 Å². The van der Waals surface area contributed by atoms with Gasteiger partial charge in [0.2, 0.25) is 5.91 Å². The average Bonchev–Trinajstić information content (AvgIpc) is 3.00. The van der Waals surface area contributed by atoms with Crippen LogP contribution in [0.25, 0.3) is 0 Å². The van der Waals surface area contributed by atoms with E-state index in [0.29, 0.717) is 43.4 Å². The predicted molar refractivity (Wildman–Crippen MR) is 124 cm³/mol. The molecule has 182 valence electrons. The maximum Gasteiger partial charge on any atom is 0.387 e. The molecule has 1 heterocycles. The topological polar surface area (TPSA) is 87.7 Å². The van der Waals surface area contributed by atoms with Crippen LogP contribution in [-0.2, 0) is 16.0 Å². The number of nitrogens with one attached hydrogen (secondary N) is 2. The van der Waals surface area contributed by atoms with Gasteiger partial charge in [-0.05, 0) is 36.6 Å². The van der Waals surface area contributed by atoms with Gasteiger partial charge in [-0.25, -0.2) is 4.79 Å². The van der Waals surface area contributed by atoms with Crippen LogP contribution in [0.3, 0.4) is 0 Å². The van der Waals surface area contributed by atoms with Crippen molar-refractivity contribution in [2.24, 2.45) is 0 Å². The molecule has 3 rings (SSSR count). The van der Waals surface area contributed by atoms with Crippen molar-refractivity contribution in [3.05, 3.63) is 59.7 Å². The Bertz CT molecular complexity index is 1020. The summed E-state index contributed by atoms with van der Waals surface area (Å²) >= 11 is 0. The van der Waals surface area contributed by atoms with Gasteiger partial charge in [-0.15, -0.1) is 0 Å². The number of alkyl halides is 2. The van der Waals surface area contributed by atoms with Crippen molar-refractivity contribution in [2.45, 2.75) is 58.1 Å². The monoisotopic (exact) mass is 473 g/mol. The molecule has 0 unspecified atom stereocenters. The summed E-state index contributed by atoms with van der Waals surface area (Å²) in [6, 6.07) is 13.0. The number of hydrogen-bond acceptors (Lipinski definition) is 4. The Morgan fingerprint density at radius 3 is 2.38 bits per heavy atom. The van der Waals surface area contributed by atoms with Crippen LogP contribution in [0.4, 0.5) is 19.3 Å². The summed E-state index contributed by atoms with van der Waals surface area (Å²) in [5.41, 5.74) is 0.715. The lowest BCUT2D eigenvalue weighted by molar-refractivity contribution is -0.134. The van der Waals surface area contributed by atoms with E-state index in [4.69, 9.17) is 0 Å². The van der Waals surface area contributed by atoms with Gasteiger partial charge >= 0.3 is 12.6 Å². The lowest BCUT2D eigenvalue weighted by atomic mass is 9.88. The first-order valence-corrected chi connectivity index (χ1v) is 11.3. The van der Waals surface area contributed by atoms with Crippen LogP contribution in [0.2, 0.25) is 0 Å². The van der Waals surface area contributed by atoms with Crippen LogP contribution in [0, 0.1) is 0 Å². The highest BCUT2D eigenvalue weighted by Gasteiger charge is 2.50. The van der Waals surface area contributed by atoms with Crippen molar-refractivity contribution >= 4 is 23.5 Å². The maximum atomic E-state index is 13.0. The summed E-state index contributed by atoms with van der Waals surface area (Å²) in [5, 5.41) is 5.42. The summed E-state index contributed by atoms with van der Waals surface area (Å²) < 4.78 is 30.3. The van der Waals surface area contributed by atoms with E-state index in [-0.39, 0.29) is 5.75 Å². The fourth-order valence-electron chi connectivity index (χ4n) is 4.30. The third-order valence-electron chi connectivity index (χ3n) is 5.70. The van der Waals surface area contributed by atoms with E-state index in [1.165, 1.54) is 12.1 Å². The van der Waals surface area contributed by atoms with Crippen LogP contribution in [0.15, 0.2) is 48.5 Å². The largest absolute Gasteiger partial charge is 0.435 e. The number of benzene rings is 2. The fraction of sp³-hybridized carbons (Fsp3) is 0.400. The highest BCUT2D eigenvalue weighted by Crippen LogP contribution is 2.29. The zero-order valence-electron chi connectivity index (χ0n) is 19.3. The molecule has 0 bridgehead atoms. The quantitative estimate of drug-likeness (QED) is 0.463. The molecule has 2 aromatic rings. The van der Waals surface area contributed by atoms with Crippen molar-refractivity contribution in [1.29, 1.82) is 0 Å². The fourth-order valence-corrected chi connectivity index (χ4v) is 4.30. The normalized spacial score (nSPS) is 14.9. The second-order valence-corrected chi connectivity index (χ2v) is 8.32. The number of urea groups is 1. The number of rotatable bonds is 11. The van der Waals surface area contributed by atoms with Gasteiger partial charge in [0.1, 0.15) is 17.8 Å². The Kier molecular flexibility index (Phi) is 8.20. The molecule has 0 aliphatic carbocycles. The third-order valence-corrected chi connectivity index (χ3v) is 5.70. The molecule has 1 aliphatic heterocycles. The lowest BCUT2D eigenvalue weighted by Gasteiger charge is -2.25. The van der Waals surface area contributed by atoms with Gasteiger partial charge in [0, 0.05) is 17.7 Å². The van der Waals surface area contributed by atoms with Gasteiger partial charge in [-0.1, -0.05) is 57.0 Å². The van der Waals surface area contributed by atoms with Crippen molar-refractivity contribution in [3.63, 3.8) is 0 Å². The first-order chi connectivity index (χ1) is 16.3. The third kappa shape index (κ3) is 5.89. The molecule has 9 heteroatoms. The molecule has 0 saturated carbocycles. The first kappa shape index (κ1) is 25.1. The van der Waals surface area contributed by atoms with E-state index in [1.807, 2.05) is 44.2 Å². The number of amides is 4. The van der Waals surface area contributed by atoms with Crippen molar-refractivity contribution in [1.82, 2.24) is 10.2 Å². The van der Waals surface area contributed by atoms with Crippen LogP contribution in [0.5, 0.6) is 5.75 Å². The van der Waals surface area contributed by atoms with Crippen molar-refractivity contribution < 1.29 is 27.9 Å². The smallest absolute Gasteiger partial charge is 0.387 e. The summed E-state index contributed by atoms with van der Waals surface area (Å²) in [4.78, 5) is 39.1. The maximum absolute atomic E-state index is 13.0. The summed E-state index contributed by atoms with van der Waals surface area (Å²) in [6.07, 6.45) is 2.73. The minimum Gasteiger partial charge on any atom is -0.435 e. The molecule has 2 N–H and O–H groups in total. The van der Waals surface area contributed by atoms with Gasteiger partial charge in [-0.2, -0.15) is 8.78 Å². The molecule has 1 aliphatic rings.